The van der Waals surface area contributed by atoms with Crippen molar-refractivity contribution in [1.29, 1.82) is 0 Å². The maximum atomic E-state index is 12.3. The zero-order chi connectivity index (χ0) is 17.8. The summed E-state index contributed by atoms with van der Waals surface area (Å²) in [5.41, 5.74) is 2.21. The van der Waals surface area contributed by atoms with Crippen LogP contribution in [0.5, 0.6) is 0 Å². The highest BCUT2D eigenvalue weighted by Crippen LogP contribution is 2.18. The van der Waals surface area contributed by atoms with Gasteiger partial charge in [0, 0.05) is 33.8 Å². The third kappa shape index (κ3) is 4.52. The number of benzene rings is 2. The summed E-state index contributed by atoms with van der Waals surface area (Å²) >= 11 is 8.07. The molecule has 0 aliphatic carbocycles. The van der Waals surface area contributed by atoms with Crippen LogP contribution in [0.15, 0.2) is 42.5 Å². The van der Waals surface area contributed by atoms with Crippen molar-refractivity contribution in [2.75, 3.05) is 13.1 Å². The fourth-order valence-corrected chi connectivity index (χ4v) is 3.57. The molecule has 0 atom stereocenters. The van der Waals surface area contributed by atoms with Crippen molar-refractivity contribution in [3.05, 3.63) is 67.7 Å². The lowest BCUT2D eigenvalue weighted by molar-refractivity contribution is 0.0792. The minimum atomic E-state index is -0.163. The standard InChI is InChI=1S/C19H18ClIN2O2/c20-15-7-8-17(21)16(11-15)18(24)22-12-13-3-5-14(6-4-13)19(25)23-9-1-2-10-23/h3-8,11H,1-2,9-10,12H2,(H,22,24). The van der Waals surface area contributed by atoms with E-state index in [1.165, 1.54) is 0 Å². The summed E-state index contributed by atoms with van der Waals surface area (Å²) in [6.45, 7) is 2.09. The van der Waals surface area contributed by atoms with Gasteiger partial charge in [-0.15, -0.1) is 0 Å². The second-order valence-electron chi connectivity index (χ2n) is 6.00. The van der Waals surface area contributed by atoms with Crippen molar-refractivity contribution in [1.82, 2.24) is 10.2 Å². The number of carbonyl (C=O) groups is 2. The molecule has 25 heavy (non-hydrogen) atoms. The highest BCUT2D eigenvalue weighted by Gasteiger charge is 2.19. The number of hydrogen-bond acceptors (Lipinski definition) is 2. The molecule has 1 saturated heterocycles. The van der Waals surface area contributed by atoms with E-state index in [-0.39, 0.29) is 11.8 Å². The molecule has 1 N–H and O–H groups in total. The Kier molecular flexibility index (Phi) is 5.96. The molecule has 4 nitrogen and oxygen atoms in total. The van der Waals surface area contributed by atoms with Gasteiger partial charge in [0.05, 0.1) is 5.56 Å². The van der Waals surface area contributed by atoms with E-state index in [1.54, 1.807) is 12.1 Å². The van der Waals surface area contributed by atoms with Gasteiger partial charge in [-0.05, 0) is 71.3 Å². The molecule has 0 saturated carbocycles. The topological polar surface area (TPSA) is 49.4 Å². The van der Waals surface area contributed by atoms with Crippen LogP contribution in [-0.4, -0.2) is 29.8 Å². The maximum absolute atomic E-state index is 12.3. The van der Waals surface area contributed by atoms with E-state index in [9.17, 15) is 9.59 Å². The smallest absolute Gasteiger partial charge is 0.253 e. The fraction of sp³-hybridized carbons (Fsp3) is 0.263. The summed E-state index contributed by atoms with van der Waals surface area (Å²) in [6.07, 6.45) is 2.16. The zero-order valence-corrected chi connectivity index (χ0v) is 16.5. The van der Waals surface area contributed by atoms with Gasteiger partial charge in [-0.25, -0.2) is 0 Å². The molecule has 2 aromatic carbocycles. The molecule has 1 heterocycles. The van der Waals surface area contributed by atoms with Gasteiger partial charge in [-0.1, -0.05) is 23.7 Å². The Morgan fingerprint density at radius 3 is 2.44 bits per heavy atom. The third-order valence-corrected chi connectivity index (χ3v) is 5.40. The van der Waals surface area contributed by atoms with E-state index in [0.29, 0.717) is 22.7 Å². The second-order valence-corrected chi connectivity index (χ2v) is 7.60. The summed E-state index contributed by atoms with van der Waals surface area (Å²) in [5.74, 6) is -0.0781. The van der Waals surface area contributed by atoms with E-state index in [2.05, 4.69) is 27.9 Å². The SMILES string of the molecule is O=C(NCc1ccc(C(=O)N2CCCC2)cc1)c1cc(Cl)ccc1I. The number of rotatable bonds is 4. The Hall–Kier alpha value is -1.60. The molecule has 1 aliphatic rings. The second kappa shape index (κ2) is 8.19. The first-order valence-corrected chi connectivity index (χ1v) is 9.62. The summed E-state index contributed by atoms with van der Waals surface area (Å²) in [6, 6.07) is 12.7. The van der Waals surface area contributed by atoms with Crippen LogP contribution in [0.4, 0.5) is 0 Å². The van der Waals surface area contributed by atoms with Crippen LogP contribution >= 0.6 is 34.2 Å². The van der Waals surface area contributed by atoms with E-state index >= 15 is 0 Å². The van der Waals surface area contributed by atoms with Gasteiger partial charge >= 0.3 is 0 Å². The Bertz CT molecular complexity index is 787. The number of likely N-dealkylation sites (tertiary alicyclic amines) is 1. The maximum Gasteiger partial charge on any atom is 0.253 e. The minimum absolute atomic E-state index is 0.0848. The van der Waals surface area contributed by atoms with Crippen LogP contribution in [0, 0.1) is 3.57 Å². The minimum Gasteiger partial charge on any atom is -0.348 e. The lowest BCUT2D eigenvalue weighted by atomic mass is 10.1. The number of halogens is 2. The van der Waals surface area contributed by atoms with Gasteiger partial charge in [0.25, 0.3) is 11.8 Å². The molecule has 3 rings (SSSR count). The summed E-state index contributed by atoms with van der Waals surface area (Å²) < 4.78 is 0.853. The predicted octanol–water partition coefficient (Wildman–Crippen LogP) is 4.11. The number of amides is 2. The Balaban J connectivity index is 1.61. The summed E-state index contributed by atoms with van der Waals surface area (Å²) in [5, 5.41) is 3.43. The largest absolute Gasteiger partial charge is 0.348 e. The van der Waals surface area contributed by atoms with E-state index in [0.717, 1.165) is 35.1 Å². The van der Waals surface area contributed by atoms with Crippen molar-refractivity contribution in [2.45, 2.75) is 19.4 Å². The Morgan fingerprint density at radius 2 is 1.76 bits per heavy atom. The molecule has 6 heteroatoms. The van der Waals surface area contributed by atoms with Gasteiger partial charge in [-0.2, -0.15) is 0 Å². The van der Waals surface area contributed by atoms with Crippen LogP contribution in [-0.2, 0) is 6.54 Å². The molecular formula is C19H18ClIN2O2. The molecule has 2 amide bonds. The molecule has 0 spiro atoms. The average Bonchev–Trinajstić information content (AvgIpc) is 3.16. The molecule has 0 aromatic heterocycles. The Labute approximate surface area is 165 Å². The van der Waals surface area contributed by atoms with Crippen LogP contribution in [0.2, 0.25) is 5.02 Å². The third-order valence-electron chi connectivity index (χ3n) is 4.22. The summed E-state index contributed by atoms with van der Waals surface area (Å²) in [7, 11) is 0. The lowest BCUT2D eigenvalue weighted by Crippen LogP contribution is -2.27. The molecule has 0 radical (unpaired) electrons. The molecule has 1 fully saturated rings. The number of hydrogen-bond donors (Lipinski definition) is 1. The quantitative estimate of drug-likeness (QED) is 0.687. The van der Waals surface area contributed by atoms with Crippen LogP contribution in [0.1, 0.15) is 39.1 Å². The van der Waals surface area contributed by atoms with Crippen LogP contribution < -0.4 is 5.32 Å². The Morgan fingerprint density at radius 1 is 1.08 bits per heavy atom. The van der Waals surface area contributed by atoms with Crippen molar-refractivity contribution in [3.63, 3.8) is 0 Å². The summed E-state index contributed by atoms with van der Waals surface area (Å²) in [4.78, 5) is 26.5. The van der Waals surface area contributed by atoms with Gasteiger partial charge in [0.15, 0.2) is 0 Å². The zero-order valence-electron chi connectivity index (χ0n) is 13.6. The molecule has 1 aliphatic heterocycles. The first kappa shape index (κ1) is 18.2. The lowest BCUT2D eigenvalue weighted by Gasteiger charge is -2.15. The van der Waals surface area contributed by atoms with Crippen molar-refractivity contribution < 1.29 is 9.59 Å². The van der Waals surface area contributed by atoms with Crippen molar-refractivity contribution in [2.24, 2.45) is 0 Å². The fourth-order valence-electron chi connectivity index (χ4n) is 2.82. The van der Waals surface area contributed by atoms with Crippen molar-refractivity contribution in [3.8, 4) is 0 Å². The number of carbonyl (C=O) groups excluding carboxylic acids is 2. The van der Waals surface area contributed by atoms with Gasteiger partial charge in [0.2, 0.25) is 0 Å². The van der Waals surface area contributed by atoms with Gasteiger partial charge in [-0.3, -0.25) is 9.59 Å². The van der Waals surface area contributed by atoms with Crippen molar-refractivity contribution >= 4 is 46.0 Å². The van der Waals surface area contributed by atoms with Gasteiger partial charge in [0.1, 0.15) is 0 Å². The average molecular weight is 469 g/mol. The highest BCUT2D eigenvalue weighted by molar-refractivity contribution is 14.1. The van der Waals surface area contributed by atoms with Crippen LogP contribution in [0.3, 0.4) is 0 Å². The number of nitrogens with one attached hydrogen (secondary N) is 1. The molecule has 130 valence electrons. The highest BCUT2D eigenvalue weighted by atomic mass is 127. The molecule has 0 unspecified atom stereocenters. The predicted molar refractivity (Wildman–Crippen MR) is 107 cm³/mol. The van der Waals surface area contributed by atoms with E-state index < -0.39 is 0 Å². The molecule has 0 bridgehead atoms. The molecular weight excluding hydrogens is 451 g/mol. The van der Waals surface area contributed by atoms with Gasteiger partial charge < -0.3 is 10.2 Å². The first-order valence-electron chi connectivity index (χ1n) is 8.16. The van der Waals surface area contributed by atoms with E-state index in [4.69, 9.17) is 11.6 Å². The monoisotopic (exact) mass is 468 g/mol. The molecule has 2 aromatic rings. The number of nitrogens with zero attached hydrogens (tertiary/aromatic N) is 1. The van der Waals surface area contributed by atoms with Crippen LogP contribution in [0.25, 0.3) is 0 Å². The first-order chi connectivity index (χ1) is 12.0. The normalized spacial score (nSPS) is 13.8. The van der Waals surface area contributed by atoms with E-state index in [1.807, 2.05) is 35.2 Å².